The van der Waals surface area contributed by atoms with Crippen molar-refractivity contribution in [3.8, 4) is 17.6 Å². The monoisotopic (exact) mass is 475 g/mol. The first-order chi connectivity index (χ1) is 16.8. The molecule has 2 aromatic carbocycles. The van der Waals surface area contributed by atoms with Crippen molar-refractivity contribution < 1.29 is 23.9 Å². The van der Waals surface area contributed by atoms with Gasteiger partial charge in [0.25, 0.3) is 5.91 Å². The molecule has 3 N–H and O–H groups in total. The summed E-state index contributed by atoms with van der Waals surface area (Å²) in [6.45, 7) is 5.41. The summed E-state index contributed by atoms with van der Waals surface area (Å²) in [7, 11) is 0. The Morgan fingerprint density at radius 2 is 1.91 bits per heavy atom. The molecule has 4 rings (SSSR count). The van der Waals surface area contributed by atoms with Gasteiger partial charge in [-0.2, -0.15) is 10.4 Å². The number of imide groups is 1. The Bertz CT molecular complexity index is 1270. The fraction of sp³-hybridized carbons (Fsp3) is 0.320. The molecule has 0 aromatic heterocycles. The predicted octanol–water partition coefficient (Wildman–Crippen LogP) is 4.03. The van der Waals surface area contributed by atoms with Gasteiger partial charge in [0, 0.05) is 5.69 Å². The van der Waals surface area contributed by atoms with E-state index < -0.39 is 23.1 Å². The van der Waals surface area contributed by atoms with E-state index in [4.69, 9.17) is 4.74 Å². The summed E-state index contributed by atoms with van der Waals surface area (Å²) >= 11 is 0. The Morgan fingerprint density at radius 3 is 2.51 bits per heavy atom. The number of fused-ring (bicyclic) bond motifs is 2. The van der Waals surface area contributed by atoms with Crippen molar-refractivity contribution in [1.82, 2.24) is 5.32 Å². The number of hydrazone groups is 1. The molecule has 35 heavy (non-hydrogen) atoms. The molecule has 180 valence electrons. The van der Waals surface area contributed by atoms with Gasteiger partial charge in [-0.05, 0) is 80.6 Å². The van der Waals surface area contributed by atoms with Gasteiger partial charge in [0.15, 0.2) is 0 Å². The number of aryl methyl sites for hydroxylation is 2. The maximum absolute atomic E-state index is 12.5. The molecular formula is C25H25N5O5. The molecule has 10 nitrogen and oxygen atoms in total. The zero-order valence-electron chi connectivity index (χ0n) is 19.7. The summed E-state index contributed by atoms with van der Waals surface area (Å²) in [4.78, 5) is 35.8. The molecular weight excluding hydrogens is 450 g/mol. The maximum atomic E-state index is 12.5. The zero-order valence-corrected chi connectivity index (χ0v) is 19.7. The number of ether oxygens (including phenoxy) is 2. The number of alkyl carbamates (subject to hydrolysis) is 1. The van der Waals surface area contributed by atoms with Crippen LogP contribution in [-0.4, -0.2) is 30.2 Å². The maximum Gasteiger partial charge on any atom is 0.414 e. The van der Waals surface area contributed by atoms with Crippen molar-refractivity contribution in [1.29, 1.82) is 5.26 Å². The van der Waals surface area contributed by atoms with Crippen LogP contribution in [0.4, 0.5) is 16.2 Å². The summed E-state index contributed by atoms with van der Waals surface area (Å²) in [5.74, 6) is 0.381. The van der Waals surface area contributed by atoms with Crippen molar-refractivity contribution in [3.63, 3.8) is 0 Å². The van der Waals surface area contributed by atoms with E-state index in [1.54, 1.807) is 25.1 Å². The second kappa shape index (κ2) is 9.46. The molecule has 1 spiro atoms. The van der Waals surface area contributed by atoms with Crippen LogP contribution in [0, 0.1) is 25.2 Å². The van der Waals surface area contributed by atoms with Gasteiger partial charge in [-0.3, -0.25) is 20.3 Å². The lowest BCUT2D eigenvalue weighted by Crippen LogP contribution is -2.40. The van der Waals surface area contributed by atoms with Crippen LogP contribution in [0.2, 0.25) is 0 Å². The van der Waals surface area contributed by atoms with Crippen molar-refractivity contribution >= 4 is 35.0 Å². The van der Waals surface area contributed by atoms with Gasteiger partial charge in [-0.25, -0.2) is 4.79 Å². The van der Waals surface area contributed by atoms with E-state index in [0.717, 1.165) is 41.6 Å². The summed E-state index contributed by atoms with van der Waals surface area (Å²) in [5, 5.41) is 17.9. The molecule has 1 saturated carbocycles. The first-order valence-electron chi connectivity index (χ1n) is 11.2. The third-order valence-corrected chi connectivity index (χ3v) is 6.19. The number of nitriles is 1. The lowest BCUT2D eigenvalue weighted by atomic mass is 9.65. The average molecular weight is 476 g/mol. The van der Waals surface area contributed by atoms with Crippen molar-refractivity contribution in [2.75, 3.05) is 17.3 Å². The van der Waals surface area contributed by atoms with E-state index in [2.05, 4.69) is 20.6 Å². The van der Waals surface area contributed by atoms with Gasteiger partial charge in [0.2, 0.25) is 11.6 Å². The summed E-state index contributed by atoms with van der Waals surface area (Å²) < 4.78 is 10.8. The number of nitrogens with one attached hydrogen (secondary N) is 3. The highest BCUT2D eigenvalue weighted by Crippen LogP contribution is 2.52. The van der Waals surface area contributed by atoms with E-state index in [0.29, 0.717) is 17.2 Å². The number of benzene rings is 2. The fourth-order valence-electron chi connectivity index (χ4n) is 4.34. The second-order valence-electron chi connectivity index (χ2n) is 8.50. The highest BCUT2D eigenvalue weighted by Gasteiger charge is 2.51. The van der Waals surface area contributed by atoms with Crippen LogP contribution in [-0.2, 0) is 19.7 Å². The highest BCUT2D eigenvalue weighted by molar-refractivity contribution is 6.46. The van der Waals surface area contributed by atoms with Crippen molar-refractivity contribution in [2.45, 2.75) is 45.4 Å². The molecule has 2 aliphatic rings. The Balaban J connectivity index is 1.50. The number of nitrogens with zero attached hydrogens (tertiary/aromatic N) is 2. The number of rotatable bonds is 6. The Hall–Kier alpha value is -4.39. The third-order valence-electron chi connectivity index (χ3n) is 6.19. The smallest absolute Gasteiger partial charge is 0.414 e. The summed E-state index contributed by atoms with van der Waals surface area (Å²) in [5.41, 5.74) is 5.66. The molecule has 2 aromatic rings. The van der Waals surface area contributed by atoms with Gasteiger partial charge in [-0.15, -0.1) is 0 Å². The summed E-state index contributed by atoms with van der Waals surface area (Å²) in [6, 6.07) is 10.8. The standard InChI is InChI=1S/C25H25N5O5/c1-4-34-24(33)28-22(31)20(13-26)30-29-16-10-14(2)21(15(3)11-16)35-17-6-7-19-18(12-17)25(8-5-9-25)23(32)27-19/h6-7,10-12,29H,4-5,8-9H2,1-3H3,(H,27,32)(H,28,31,33). The quantitative estimate of drug-likeness (QED) is 0.423. The molecule has 0 bridgehead atoms. The molecule has 1 fully saturated rings. The number of carbonyl (C=O) groups is 3. The Morgan fingerprint density at radius 1 is 1.20 bits per heavy atom. The zero-order chi connectivity index (χ0) is 25.2. The summed E-state index contributed by atoms with van der Waals surface area (Å²) in [6.07, 6.45) is 1.77. The van der Waals surface area contributed by atoms with Crippen LogP contribution in [0.5, 0.6) is 11.5 Å². The molecule has 0 atom stereocenters. The number of anilines is 2. The molecule has 1 aliphatic heterocycles. The molecule has 10 heteroatoms. The molecule has 1 heterocycles. The number of amides is 3. The molecule has 1 aliphatic carbocycles. The fourth-order valence-corrected chi connectivity index (χ4v) is 4.34. The Kier molecular flexibility index (Phi) is 6.42. The lowest BCUT2D eigenvalue weighted by Gasteiger charge is -2.36. The third kappa shape index (κ3) is 4.53. The predicted molar refractivity (Wildman–Crippen MR) is 128 cm³/mol. The minimum atomic E-state index is -0.972. The van der Waals surface area contributed by atoms with Crippen molar-refractivity contribution in [3.05, 3.63) is 47.0 Å². The van der Waals surface area contributed by atoms with Crippen LogP contribution in [0.25, 0.3) is 0 Å². The first kappa shape index (κ1) is 23.8. The minimum absolute atomic E-state index is 0.0620. The van der Waals surface area contributed by atoms with E-state index in [-0.39, 0.29) is 12.5 Å². The van der Waals surface area contributed by atoms with Crippen LogP contribution in [0.3, 0.4) is 0 Å². The van der Waals surface area contributed by atoms with Gasteiger partial charge >= 0.3 is 6.09 Å². The number of hydrogen-bond acceptors (Lipinski definition) is 8. The Labute approximate surface area is 202 Å². The van der Waals surface area contributed by atoms with Crippen molar-refractivity contribution in [2.24, 2.45) is 5.10 Å². The second-order valence-corrected chi connectivity index (χ2v) is 8.50. The number of carbonyl (C=O) groups excluding carboxylic acids is 3. The lowest BCUT2D eigenvalue weighted by molar-refractivity contribution is -0.123. The topological polar surface area (TPSA) is 142 Å². The van der Waals surface area contributed by atoms with E-state index in [1.807, 2.05) is 37.4 Å². The van der Waals surface area contributed by atoms with E-state index >= 15 is 0 Å². The van der Waals surface area contributed by atoms with Crippen LogP contribution < -0.4 is 20.8 Å². The molecule has 0 radical (unpaired) electrons. The van der Waals surface area contributed by atoms with Gasteiger partial charge in [-0.1, -0.05) is 6.42 Å². The molecule has 0 unspecified atom stereocenters. The normalized spacial score (nSPS) is 15.4. The largest absolute Gasteiger partial charge is 0.457 e. The molecule has 3 amide bonds. The average Bonchev–Trinajstić information content (AvgIpc) is 3.08. The van der Waals surface area contributed by atoms with E-state index in [9.17, 15) is 19.6 Å². The highest BCUT2D eigenvalue weighted by atomic mass is 16.5. The number of hydrogen-bond donors (Lipinski definition) is 3. The first-order valence-corrected chi connectivity index (χ1v) is 11.2. The van der Waals surface area contributed by atoms with Gasteiger partial charge in [0.1, 0.15) is 17.6 Å². The van der Waals surface area contributed by atoms with Crippen LogP contribution >= 0.6 is 0 Å². The van der Waals surface area contributed by atoms with Crippen LogP contribution in [0.1, 0.15) is 42.9 Å². The SMILES string of the molecule is CCOC(=O)NC(=O)C(C#N)=NNc1cc(C)c(Oc2ccc3c(c2)C2(CCC2)C(=O)N3)c(C)c1. The van der Waals surface area contributed by atoms with Gasteiger partial charge in [0.05, 0.1) is 17.7 Å². The van der Waals surface area contributed by atoms with E-state index in [1.165, 1.54) is 0 Å². The molecule has 0 saturated heterocycles. The van der Waals surface area contributed by atoms with Crippen LogP contribution in [0.15, 0.2) is 35.4 Å². The minimum Gasteiger partial charge on any atom is -0.457 e. The van der Waals surface area contributed by atoms with Gasteiger partial charge < -0.3 is 14.8 Å².